The maximum Gasteiger partial charge on any atom is 0.410 e. The van der Waals surface area contributed by atoms with Crippen LogP contribution in [-0.2, 0) is 37.9 Å². The summed E-state index contributed by atoms with van der Waals surface area (Å²) in [5.74, 6) is 0.598. The van der Waals surface area contributed by atoms with Crippen LogP contribution in [-0.4, -0.2) is 123 Å². The summed E-state index contributed by atoms with van der Waals surface area (Å²) in [7, 11) is 1.69. The van der Waals surface area contributed by atoms with Gasteiger partial charge in [0.2, 0.25) is 0 Å². The third-order valence-electron chi connectivity index (χ3n) is 4.61. The van der Waals surface area contributed by atoms with Crippen molar-refractivity contribution in [3.05, 3.63) is 0 Å². The van der Waals surface area contributed by atoms with Crippen molar-refractivity contribution in [3.63, 3.8) is 0 Å². The molecule has 0 spiro atoms. The molecule has 1 atom stereocenters. The summed E-state index contributed by atoms with van der Waals surface area (Å²) < 4.78 is 43.5. The van der Waals surface area contributed by atoms with Gasteiger partial charge in [-0.25, -0.2) is 4.79 Å². The highest BCUT2D eigenvalue weighted by Gasteiger charge is 2.19. The zero-order chi connectivity index (χ0) is 26.2. The van der Waals surface area contributed by atoms with Crippen LogP contribution in [0.1, 0.15) is 41.0 Å². The Balaban J connectivity index is 3.20. The molecule has 0 aliphatic heterocycles. The quantitative estimate of drug-likeness (QED) is 0.182. The first-order valence-electron chi connectivity index (χ1n) is 12.7. The van der Waals surface area contributed by atoms with Crippen molar-refractivity contribution < 1.29 is 42.7 Å². The Bertz CT molecular complexity index is 474. The summed E-state index contributed by atoms with van der Waals surface area (Å²) in [4.78, 5) is 13.3. The molecule has 210 valence electrons. The first-order chi connectivity index (χ1) is 16.8. The fourth-order valence-electron chi connectivity index (χ4n) is 2.35. The van der Waals surface area contributed by atoms with Crippen molar-refractivity contribution in [2.24, 2.45) is 5.92 Å². The van der Waals surface area contributed by atoms with E-state index in [9.17, 15) is 4.79 Å². The topological polar surface area (TPSA) is 94.2 Å². The first kappa shape index (κ1) is 34.0. The molecule has 0 saturated carbocycles. The fourth-order valence-corrected chi connectivity index (χ4v) is 2.35. The lowest BCUT2D eigenvalue weighted by molar-refractivity contribution is -0.0221. The Labute approximate surface area is 212 Å². The van der Waals surface area contributed by atoms with Crippen LogP contribution >= 0.6 is 0 Å². The maximum atomic E-state index is 11.8. The van der Waals surface area contributed by atoms with Crippen molar-refractivity contribution in [3.8, 4) is 0 Å². The van der Waals surface area contributed by atoms with Crippen molar-refractivity contribution in [2.75, 3.05) is 106 Å². The number of carbonyl (C=O) groups excluding carboxylic acids is 1. The van der Waals surface area contributed by atoms with Gasteiger partial charge < -0.3 is 42.8 Å². The van der Waals surface area contributed by atoms with Gasteiger partial charge in [-0.2, -0.15) is 0 Å². The molecule has 0 aliphatic rings. The van der Waals surface area contributed by atoms with Gasteiger partial charge in [-0.3, -0.25) is 0 Å². The number of carbonyl (C=O) groups is 1. The van der Waals surface area contributed by atoms with Crippen molar-refractivity contribution in [2.45, 2.75) is 46.6 Å². The summed E-state index contributed by atoms with van der Waals surface area (Å²) in [5, 5.41) is 0. The van der Waals surface area contributed by atoms with E-state index in [0.29, 0.717) is 98.4 Å². The summed E-state index contributed by atoms with van der Waals surface area (Å²) in [6.07, 6.45) is 0.776. The molecule has 0 aromatic carbocycles. The molecule has 0 fully saturated rings. The number of likely N-dealkylation sites (N-methyl/N-ethyl adjacent to an activating group) is 1. The number of hydrogen-bond acceptors (Lipinski definition) is 9. The Hall–Kier alpha value is -1.01. The predicted molar refractivity (Wildman–Crippen MR) is 134 cm³/mol. The fraction of sp³-hybridized carbons (Fsp3) is 0.960. The lowest BCUT2D eigenvalue weighted by Gasteiger charge is -2.24. The van der Waals surface area contributed by atoms with E-state index in [1.807, 2.05) is 20.8 Å². The Morgan fingerprint density at radius 1 is 0.657 bits per heavy atom. The highest BCUT2D eigenvalue weighted by molar-refractivity contribution is 5.67. The molecule has 0 heterocycles. The standard InChI is InChI=1S/C25H51NO9/c1-7-23(2)22-34-21-20-33-19-18-32-17-16-31-15-14-30-13-12-29-11-10-28-9-8-26(6)24(27)35-25(3,4)5/h23H,7-22H2,1-6H3. The molecular formula is C25H51NO9. The van der Waals surface area contributed by atoms with Gasteiger partial charge in [-0.1, -0.05) is 20.3 Å². The smallest absolute Gasteiger partial charge is 0.410 e. The molecular weight excluding hydrogens is 458 g/mol. The monoisotopic (exact) mass is 509 g/mol. The molecule has 0 rings (SSSR count). The summed E-state index contributed by atoms with van der Waals surface area (Å²) in [6, 6.07) is 0. The Morgan fingerprint density at radius 2 is 1.00 bits per heavy atom. The van der Waals surface area contributed by atoms with E-state index < -0.39 is 5.60 Å². The SMILES string of the molecule is CCC(C)COCCOCCOCCOCCOCCOCCOCCN(C)C(=O)OC(C)(C)C. The predicted octanol–water partition coefficient (Wildman–Crippen LogP) is 3.02. The molecule has 10 heteroatoms. The van der Waals surface area contributed by atoms with Crippen LogP contribution in [0, 0.1) is 5.92 Å². The second kappa shape index (κ2) is 23.4. The Morgan fingerprint density at radius 3 is 1.34 bits per heavy atom. The number of rotatable bonds is 24. The van der Waals surface area contributed by atoms with Crippen molar-refractivity contribution in [1.29, 1.82) is 0 Å². The molecule has 0 N–H and O–H groups in total. The average molecular weight is 510 g/mol. The molecule has 0 bridgehead atoms. The third-order valence-corrected chi connectivity index (χ3v) is 4.61. The van der Waals surface area contributed by atoms with Gasteiger partial charge >= 0.3 is 6.09 Å². The minimum atomic E-state index is -0.499. The highest BCUT2D eigenvalue weighted by atomic mass is 16.6. The second-order valence-corrected chi connectivity index (χ2v) is 9.16. The molecule has 0 aromatic heterocycles. The van der Waals surface area contributed by atoms with Crippen molar-refractivity contribution in [1.82, 2.24) is 4.90 Å². The van der Waals surface area contributed by atoms with E-state index in [4.69, 9.17) is 37.9 Å². The van der Waals surface area contributed by atoms with E-state index in [1.165, 1.54) is 4.90 Å². The largest absolute Gasteiger partial charge is 0.444 e. The van der Waals surface area contributed by atoms with Gasteiger partial charge in [0.05, 0.1) is 85.9 Å². The Kier molecular flexibility index (Phi) is 22.7. The van der Waals surface area contributed by atoms with Gasteiger partial charge in [0.25, 0.3) is 0 Å². The normalized spacial score (nSPS) is 12.6. The van der Waals surface area contributed by atoms with E-state index in [0.717, 1.165) is 13.0 Å². The van der Waals surface area contributed by atoms with Crippen LogP contribution < -0.4 is 0 Å². The van der Waals surface area contributed by atoms with E-state index in [1.54, 1.807) is 7.05 Å². The number of hydrogen-bond donors (Lipinski definition) is 0. The average Bonchev–Trinajstić information content (AvgIpc) is 2.80. The molecule has 0 aromatic rings. The van der Waals surface area contributed by atoms with Crippen LogP contribution in [0.3, 0.4) is 0 Å². The molecule has 35 heavy (non-hydrogen) atoms. The van der Waals surface area contributed by atoms with Crippen LogP contribution in [0.5, 0.6) is 0 Å². The van der Waals surface area contributed by atoms with E-state index >= 15 is 0 Å². The minimum Gasteiger partial charge on any atom is -0.444 e. The second-order valence-electron chi connectivity index (χ2n) is 9.16. The number of ether oxygens (including phenoxy) is 8. The van der Waals surface area contributed by atoms with Crippen molar-refractivity contribution >= 4 is 6.09 Å². The highest BCUT2D eigenvalue weighted by Crippen LogP contribution is 2.08. The van der Waals surface area contributed by atoms with Crippen LogP contribution in [0.2, 0.25) is 0 Å². The summed E-state index contributed by atoms with van der Waals surface area (Å²) in [5.41, 5.74) is -0.499. The van der Waals surface area contributed by atoms with Gasteiger partial charge in [0.15, 0.2) is 0 Å². The van der Waals surface area contributed by atoms with Gasteiger partial charge in [-0.15, -0.1) is 0 Å². The van der Waals surface area contributed by atoms with E-state index in [2.05, 4.69) is 13.8 Å². The zero-order valence-electron chi connectivity index (χ0n) is 23.0. The van der Waals surface area contributed by atoms with Gasteiger partial charge in [0, 0.05) is 20.2 Å². The van der Waals surface area contributed by atoms with Gasteiger partial charge in [0.1, 0.15) is 5.60 Å². The lowest BCUT2D eigenvalue weighted by atomic mass is 10.1. The minimum absolute atomic E-state index is 0.356. The first-order valence-corrected chi connectivity index (χ1v) is 12.7. The summed E-state index contributed by atoms with van der Waals surface area (Å²) >= 11 is 0. The molecule has 1 unspecified atom stereocenters. The van der Waals surface area contributed by atoms with Crippen LogP contribution in [0.4, 0.5) is 4.79 Å². The zero-order valence-corrected chi connectivity index (χ0v) is 23.0. The molecule has 1 amide bonds. The number of amides is 1. The van der Waals surface area contributed by atoms with Crippen LogP contribution in [0.15, 0.2) is 0 Å². The number of nitrogens with zero attached hydrogens (tertiary/aromatic N) is 1. The lowest BCUT2D eigenvalue weighted by Crippen LogP contribution is -2.36. The molecule has 0 radical (unpaired) electrons. The molecule has 0 aliphatic carbocycles. The summed E-state index contributed by atoms with van der Waals surface area (Å²) in [6.45, 7) is 17.9. The van der Waals surface area contributed by atoms with Crippen LogP contribution in [0.25, 0.3) is 0 Å². The van der Waals surface area contributed by atoms with E-state index in [-0.39, 0.29) is 6.09 Å². The molecule has 10 nitrogen and oxygen atoms in total. The maximum absolute atomic E-state index is 11.8. The molecule has 0 saturated heterocycles. The van der Waals surface area contributed by atoms with Gasteiger partial charge in [-0.05, 0) is 26.7 Å². The third kappa shape index (κ3) is 25.9.